The number of hydrogen-bond acceptors (Lipinski definition) is 3. The molecule has 0 N–H and O–H groups in total. The number of aromatic nitrogens is 2. The van der Waals surface area contributed by atoms with E-state index in [0.29, 0.717) is 0 Å². The van der Waals surface area contributed by atoms with E-state index in [0.717, 1.165) is 44.0 Å². The first-order chi connectivity index (χ1) is 26.2. The molecule has 248 valence electrons. The first kappa shape index (κ1) is 31.1. The van der Waals surface area contributed by atoms with Gasteiger partial charge >= 0.3 is 0 Å². The summed E-state index contributed by atoms with van der Waals surface area (Å²) in [6.07, 6.45) is 0. The first-order valence-corrected chi connectivity index (χ1v) is 18.7. The van der Waals surface area contributed by atoms with Gasteiger partial charge < -0.3 is 0 Å². The smallest absolute Gasteiger partial charge is 0.161 e. The fourth-order valence-corrected chi connectivity index (χ4v) is 8.57. The van der Waals surface area contributed by atoms with Crippen LogP contribution in [0.1, 0.15) is 0 Å². The summed E-state index contributed by atoms with van der Waals surface area (Å²) in [6, 6.07) is 69.4. The molecule has 53 heavy (non-hydrogen) atoms. The summed E-state index contributed by atoms with van der Waals surface area (Å²) in [5.74, 6) is 0.733. The monoisotopic (exact) mass is 692 g/mol. The van der Waals surface area contributed by atoms with Gasteiger partial charge in [0.2, 0.25) is 0 Å². The first-order valence-electron chi connectivity index (χ1n) is 17.9. The lowest BCUT2D eigenvalue weighted by Crippen LogP contribution is -1.94. The molecule has 0 saturated heterocycles. The van der Waals surface area contributed by atoms with Crippen LogP contribution in [0.5, 0.6) is 0 Å². The van der Waals surface area contributed by atoms with Gasteiger partial charge in [-0.3, -0.25) is 0 Å². The number of thiophene rings is 1. The average molecular weight is 693 g/mol. The van der Waals surface area contributed by atoms with Gasteiger partial charge in [-0.1, -0.05) is 158 Å². The van der Waals surface area contributed by atoms with Gasteiger partial charge in [-0.2, -0.15) is 0 Å². The Labute approximate surface area is 312 Å². The van der Waals surface area contributed by atoms with Crippen LogP contribution in [-0.4, -0.2) is 9.97 Å². The molecule has 2 heterocycles. The molecule has 2 aromatic heterocycles. The number of benzene rings is 8. The number of fused-ring (bicyclic) bond motifs is 4. The van der Waals surface area contributed by atoms with Crippen molar-refractivity contribution in [3.8, 4) is 67.2 Å². The Bertz CT molecular complexity index is 2940. The largest absolute Gasteiger partial charge is 0.227 e. The van der Waals surface area contributed by atoms with Gasteiger partial charge in [-0.25, -0.2) is 9.97 Å². The van der Waals surface area contributed by atoms with Gasteiger partial charge in [0, 0.05) is 26.6 Å². The molecule has 8 aromatic carbocycles. The highest BCUT2D eigenvalue weighted by molar-refractivity contribution is 7.25. The quantitative estimate of drug-likeness (QED) is 0.173. The van der Waals surface area contributed by atoms with Gasteiger partial charge in [0.1, 0.15) is 4.83 Å². The molecular weight excluding hydrogens is 661 g/mol. The van der Waals surface area contributed by atoms with Crippen molar-refractivity contribution < 1.29 is 0 Å². The van der Waals surface area contributed by atoms with Crippen LogP contribution < -0.4 is 0 Å². The van der Waals surface area contributed by atoms with E-state index in [9.17, 15) is 0 Å². The van der Waals surface area contributed by atoms with Gasteiger partial charge in [-0.05, 0) is 91.7 Å². The van der Waals surface area contributed by atoms with Gasteiger partial charge in [0.05, 0.1) is 5.69 Å². The second kappa shape index (κ2) is 13.1. The van der Waals surface area contributed by atoms with Gasteiger partial charge in [0.25, 0.3) is 0 Å². The van der Waals surface area contributed by atoms with Crippen LogP contribution in [0, 0.1) is 0 Å². The summed E-state index contributed by atoms with van der Waals surface area (Å²) < 4.78 is 1.22. The van der Waals surface area contributed by atoms with E-state index in [-0.39, 0.29) is 0 Å². The molecule has 10 rings (SSSR count). The molecule has 0 unspecified atom stereocenters. The Morgan fingerprint density at radius 1 is 0.340 bits per heavy atom. The van der Waals surface area contributed by atoms with E-state index in [1.807, 2.05) is 0 Å². The standard InChI is InChI=1S/C50H32N2S/c1-3-14-33(15-4-1)40-30-41(32-42(31-40)44-26-13-19-34-16-7-8-24-43(34)44)38-22-11-20-36(28-38)37-21-12-23-39(29-37)49-51-48(35-17-5-2-6-18-35)47-45-25-9-10-27-46(45)53-50(47)52-49/h1-32H. The molecule has 0 aliphatic rings. The van der Waals surface area contributed by atoms with Crippen LogP contribution in [0.3, 0.4) is 0 Å². The summed E-state index contributed by atoms with van der Waals surface area (Å²) in [5.41, 5.74) is 12.5. The molecule has 0 atom stereocenters. The lowest BCUT2D eigenvalue weighted by molar-refractivity contribution is 1.24. The van der Waals surface area contributed by atoms with E-state index in [4.69, 9.17) is 9.97 Å². The van der Waals surface area contributed by atoms with Crippen molar-refractivity contribution in [3.63, 3.8) is 0 Å². The molecule has 0 aliphatic carbocycles. The van der Waals surface area contributed by atoms with Crippen LogP contribution in [0.2, 0.25) is 0 Å². The lowest BCUT2D eigenvalue weighted by atomic mass is 9.90. The van der Waals surface area contributed by atoms with Gasteiger partial charge in [0.15, 0.2) is 5.82 Å². The minimum Gasteiger partial charge on any atom is -0.227 e. The molecule has 0 bridgehead atoms. The minimum absolute atomic E-state index is 0.733. The lowest BCUT2D eigenvalue weighted by Gasteiger charge is -2.14. The second-order valence-electron chi connectivity index (χ2n) is 13.4. The van der Waals surface area contributed by atoms with Crippen molar-refractivity contribution in [2.24, 2.45) is 0 Å². The predicted molar refractivity (Wildman–Crippen MR) is 225 cm³/mol. The van der Waals surface area contributed by atoms with Crippen molar-refractivity contribution in [2.75, 3.05) is 0 Å². The van der Waals surface area contributed by atoms with E-state index in [2.05, 4.69) is 194 Å². The maximum Gasteiger partial charge on any atom is 0.161 e. The molecule has 10 aromatic rings. The summed E-state index contributed by atoms with van der Waals surface area (Å²) in [5, 5.41) is 4.81. The van der Waals surface area contributed by atoms with E-state index >= 15 is 0 Å². The zero-order valence-corrected chi connectivity index (χ0v) is 29.6. The van der Waals surface area contributed by atoms with E-state index in [1.54, 1.807) is 11.3 Å². The fourth-order valence-electron chi connectivity index (χ4n) is 7.50. The molecule has 0 radical (unpaired) electrons. The Balaban J connectivity index is 1.09. The SMILES string of the molecule is c1ccc(-c2cc(-c3cccc(-c4cccc(-c5nc(-c6ccccc6)c6c(n5)sc5ccccc56)c4)c3)cc(-c3cccc4ccccc34)c2)cc1. The topological polar surface area (TPSA) is 25.8 Å². The minimum atomic E-state index is 0.733. The van der Waals surface area contributed by atoms with Crippen LogP contribution in [0.4, 0.5) is 0 Å². The highest BCUT2D eigenvalue weighted by Gasteiger charge is 2.17. The highest BCUT2D eigenvalue weighted by atomic mass is 32.1. The van der Waals surface area contributed by atoms with Crippen LogP contribution >= 0.6 is 11.3 Å². The Morgan fingerprint density at radius 2 is 0.849 bits per heavy atom. The van der Waals surface area contributed by atoms with Crippen molar-refractivity contribution in [3.05, 3.63) is 194 Å². The highest BCUT2D eigenvalue weighted by Crippen LogP contribution is 2.41. The Kier molecular flexibility index (Phi) is 7.71. The zero-order valence-electron chi connectivity index (χ0n) is 28.8. The Morgan fingerprint density at radius 3 is 1.62 bits per heavy atom. The molecular formula is C50H32N2S. The third-order valence-electron chi connectivity index (χ3n) is 10.1. The average Bonchev–Trinajstić information content (AvgIpc) is 3.62. The summed E-state index contributed by atoms with van der Waals surface area (Å²) in [7, 11) is 0. The maximum atomic E-state index is 5.26. The molecule has 0 spiro atoms. The van der Waals surface area contributed by atoms with Crippen LogP contribution in [-0.2, 0) is 0 Å². The molecule has 2 nitrogen and oxygen atoms in total. The summed E-state index contributed by atoms with van der Waals surface area (Å²) in [6.45, 7) is 0. The number of rotatable bonds is 6. The third kappa shape index (κ3) is 5.78. The summed E-state index contributed by atoms with van der Waals surface area (Å²) in [4.78, 5) is 11.4. The van der Waals surface area contributed by atoms with Crippen molar-refractivity contribution in [1.82, 2.24) is 9.97 Å². The number of nitrogens with zero attached hydrogens (tertiary/aromatic N) is 2. The van der Waals surface area contributed by atoms with Crippen molar-refractivity contribution in [1.29, 1.82) is 0 Å². The fraction of sp³-hybridized carbons (Fsp3) is 0. The predicted octanol–water partition coefficient (Wildman–Crippen LogP) is 14.0. The Hall–Kier alpha value is -6.68. The molecule has 0 amide bonds. The molecule has 0 saturated carbocycles. The second-order valence-corrected chi connectivity index (χ2v) is 14.4. The van der Waals surface area contributed by atoms with Gasteiger partial charge in [-0.15, -0.1) is 11.3 Å². The third-order valence-corrected chi connectivity index (χ3v) is 11.1. The van der Waals surface area contributed by atoms with Crippen LogP contribution in [0.25, 0.3) is 98.2 Å². The maximum absolute atomic E-state index is 5.26. The van der Waals surface area contributed by atoms with Crippen molar-refractivity contribution in [2.45, 2.75) is 0 Å². The molecule has 0 aliphatic heterocycles. The van der Waals surface area contributed by atoms with E-state index < -0.39 is 0 Å². The van der Waals surface area contributed by atoms with Crippen LogP contribution in [0.15, 0.2) is 194 Å². The normalized spacial score (nSPS) is 11.4. The van der Waals surface area contributed by atoms with E-state index in [1.165, 1.54) is 54.2 Å². The summed E-state index contributed by atoms with van der Waals surface area (Å²) >= 11 is 1.73. The zero-order chi connectivity index (χ0) is 35.1. The molecule has 0 fully saturated rings. The van der Waals surface area contributed by atoms with Crippen molar-refractivity contribution >= 4 is 42.4 Å². The molecule has 3 heteroatoms. The number of hydrogen-bond donors (Lipinski definition) is 0.